The van der Waals surface area contributed by atoms with Crippen molar-refractivity contribution in [3.05, 3.63) is 83.3 Å². The Kier molecular flexibility index (Phi) is 5.04. The van der Waals surface area contributed by atoms with Crippen molar-refractivity contribution in [2.45, 2.75) is 13.8 Å². The molecular weight excluding hydrogens is 314 g/mol. The van der Waals surface area contributed by atoms with Crippen LogP contribution in [0.15, 0.2) is 60.8 Å². The van der Waals surface area contributed by atoms with Crippen LogP contribution < -0.4 is 0 Å². The molecule has 0 unspecified atom stereocenters. The highest BCUT2D eigenvalue weighted by molar-refractivity contribution is 5.89. The van der Waals surface area contributed by atoms with Crippen LogP contribution in [0.2, 0.25) is 0 Å². The van der Waals surface area contributed by atoms with Crippen LogP contribution in [0, 0.1) is 13.8 Å². The molecule has 0 aliphatic heterocycles. The number of nitrogens with zero attached hydrogens (tertiary/aromatic N) is 3. The van der Waals surface area contributed by atoms with Gasteiger partial charge in [-0.25, -0.2) is 14.5 Å². The number of esters is 1. The quantitative estimate of drug-likeness (QED) is 0.667. The van der Waals surface area contributed by atoms with E-state index in [9.17, 15) is 4.79 Å². The van der Waals surface area contributed by atoms with Crippen molar-refractivity contribution in [1.29, 1.82) is 0 Å². The van der Waals surface area contributed by atoms with Gasteiger partial charge in [-0.05, 0) is 43.7 Å². The van der Waals surface area contributed by atoms with Gasteiger partial charge in [0.25, 0.3) is 0 Å². The Morgan fingerprint density at radius 1 is 1.16 bits per heavy atom. The summed E-state index contributed by atoms with van der Waals surface area (Å²) in [7, 11) is 0. The summed E-state index contributed by atoms with van der Waals surface area (Å²) in [6.45, 7) is 4.11. The first-order valence-electron chi connectivity index (χ1n) is 8.02. The topological polar surface area (TPSA) is 57.0 Å². The van der Waals surface area contributed by atoms with E-state index in [1.165, 1.54) is 6.20 Å². The number of carbonyl (C=O) groups excluding carboxylic acids is 1. The van der Waals surface area contributed by atoms with E-state index in [0.29, 0.717) is 11.4 Å². The third-order valence-electron chi connectivity index (χ3n) is 3.63. The number of rotatable bonds is 5. The van der Waals surface area contributed by atoms with E-state index in [1.807, 2.05) is 62.4 Å². The van der Waals surface area contributed by atoms with Gasteiger partial charge in [-0.1, -0.05) is 36.4 Å². The fourth-order valence-corrected chi connectivity index (χ4v) is 2.45. The Bertz CT molecular complexity index is 881. The number of aryl methyl sites for hydroxylation is 2. The van der Waals surface area contributed by atoms with Crippen LogP contribution >= 0.6 is 0 Å². The van der Waals surface area contributed by atoms with Crippen molar-refractivity contribution in [1.82, 2.24) is 14.8 Å². The van der Waals surface area contributed by atoms with Crippen LogP contribution in [-0.4, -0.2) is 27.3 Å². The summed E-state index contributed by atoms with van der Waals surface area (Å²) in [4.78, 5) is 16.4. The highest BCUT2D eigenvalue weighted by Gasteiger charge is 2.09. The van der Waals surface area contributed by atoms with Gasteiger partial charge in [-0.2, -0.15) is 5.10 Å². The highest BCUT2D eigenvalue weighted by atomic mass is 16.5. The second-order valence-electron chi connectivity index (χ2n) is 5.66. The first-order chi connectivity index (χ1) is 12.1. The summed E-state index contributed by atoms with van der Waals surface area (Å²) in [5.74, 6) is 0.274. The van der Waals surface area contributed by atoms with Crippen LogP contribution in [0.4, 0.5) is 0 Å². The molecule has 126 valence electrons. The summed E-state index contributed by atoms with van der Waals surface area (Å²) < 4.78 is 6.98. The Balaban J connectivity index is 1.59. The van der Waals surface area contributed by atoms with Gasteiger partial charge in [0.1, 0.15) is 6.61 Å². The van der Waals surface area contributed by atoms with Crippen LogP contribution in [0.1, 0.15) is 27.3 Å². The predicted molar refractivity (Wildman–Crippen MR) is 96.6 cm³/mol. The van der Waals surface area contributed by atoms with Crippen LogP contribution in [-0.2, 0) is 4.74 Å². The van der Waals surface area contributed by atoms with Gasteiger partial charge in [-0.15, -0.1) is 0 Å². The molecule has 0 aliphatic rings. The van der Waals surface area contributed by atoms with E-state index in [2.05, 4.69) is 10.1 Å². The molecule has 2 heterocycles. The largest absolute Gasteiger partial charge is 0.458 e. The standard InChI is InChI=1S/C20H19N3O2/c1-15-13-16(2)23(22-15)19-11-10-18(14-21-19)20(24)25-12-6-9-17-7-4-3-5-8-17/h3-11,13-14H,12H2,1-2H3/b9-6+. The number of hydrogen-bond acceptors (Lipinski definition) is 4. The molecule has 0 amide bonds. The molecule has 2 aromatic heterocycles. The maximum Gasteiger partial charge on any atom is 0.340 e. The van der Waals surface area contributed by atoms with Gasteiger partial charge in [0.05, 0.1) is 11.3 Å². The zero-order valence-electron chi connectivity index (χ0n) is 14.2. The molecule has 0 radical (unpaired) electrons. The smallest absolute Gasteiger partial charge is 0.340 e. The average molecular weight is 333 g/mol. The fourth-order valence-electron chi connectivity index (χ4n) is 2.45. The number of aromatic nitrogens is 3. The number of benzene rings is 1. The van der Waals surface area contributed by atoms with Gasteiger partial charge in [0.2, 0.25) is 0 Å². The summed E-state index contributed by atoms with van der Waals surface area (Å²) >= 11 is 0. The maximum atomic E-state index is 12.1. The fraction of sp³-hybridized carbons (Fsp3) is 0.150. The molecule has 0 saturated heterocycles. The van der Waals surface area contributed by atoms with E-state index in [-0.39, 0.29) is 6.61 Å². The minimum absolute atomic E-state index is 0.215. The van der Waals surface area contributed by atoms with Crippen molar-refractivity contribution in [3.8, 4) is 5.82 Å². The van der Waals surface area contributed by atoms with Gasteiger partial charge in [0, 0.05) is 11.9 Å². The van der Waals surface area contributed by atoms with Gasteiger partial charge in [-0.3, -0.25) is 0 Å². The lowest BCUT2D eigenvalue weighted by atomic mass is 10.2. The summed E-state index contributed by atoms with van der Waals surface area (Å²) in [5, 5.41) is 4.37. The highest BCUT2D eigenvalue weighted by Crippen LogP contribution is 2.11. The first kappa shape index (κ1) is 16.6. The second kappa shape index (κ2) is 7.57. The van der Waals surface area contributed by atoms with Gasteiger partial charge >= 0.3 is 5.97 Å². The molecule has 0 aliphatic carbocycles. The predicted octanol–water partition coefficient (Wildman–Crippen LogP) is 3.75. The van der Waals surface area contributed by atoms with E-state index in [0.717, 1.165) is 17.0 Å². The summed E-state index contributed by atoms with van der Waals surface area (Å²) in [6.07, 6.45) is 5.23. The van der Waals surface area contributed by atoms with Crippen molar-refractivity contribution < 1.29 is 9.53 Å². The SMILES string of the molecule is Cc1cc(C)n(-c2ccc(C(=O)OC/C=C/c3ccccc3)cn2)n1. The minimum atomic E-state index is -0.398. The second-order valence-corrected chi connectivity index (χ2v) is 5.66. The summed E-state index contributed by atoms with van der Waals surface area (Å²) in [6, 6.07) is 15.3. The Labute approximate surface area is 146 Å². The minimum Gasteiger partial charge on any atom is -0.458 e. The third kappa shape index (κ3) is 4.20. The Morgan fingerprint density at radius 3 is 2.60 bits per heavy atom. The van der Waals surface area contributed by atoms with Crippen LogP contribution in [0.3, 0.4) is 0 Å². The lowest BCUT2D eigenvalue weighted by molar-refractivity contribution is 0.0549. The molecule has 3 rings (SSSR count). The molecule has 1 aromatic carbocycles. The maximum absolute atomic E-state index is 12.1. The molecule has 5 heteroatoms. The lowest BCUT2D eigenvalue weighted by Gasteiger charge is -2.05. The van der Waals surface area contributed by atoms with Crippen molar-refractivity contribution in [2.75, 3.05) is 6.61 Å². The molecule has 0 atom stereocenters. The van der Waals surface area contributed by atoms with Crippen LogP contribution in [0.25, 0.3) is 11.9 Å². The number of pyridine rings is 1. The number of carbonyl (C=O) groups is 1. The molecular formula is C20H19N3O2. The molecule has 0 bridgehead atoms. The first-order valence-corrected chi connectivity index (χ1v) is 8.02. The zero-order chi connectivity index (χ0) is 17.6. The van der Waals surface area contributed by atoms with Gasteiger partial charge < -0.3 is 4.74 Å². The molecule has 0 fully saturated rings. The normalized spacial score (nSPS) is 11.0. The lowest BCUT2D eigenvalue weighted by Crippen LogP contribution is -2.07. The molecule has 5 nitrogen and oxygen atoms in total. The van der Waals surface area contributed by atoms with Crippen molar-refractivity contribution >= 4 is 12.0 Å². The molecule has 25 heavy (non-hydrogen) atoms. The molecule has 3 aromatic rings. The van der Waals surface area contributed by atoms with E-state index in [4.69, 9.17) is 4.74 Å². The van der Waals surface area contributed by atoms with Crippen molar-refractivity contribution in [2.24, 2.45) is 0 Å². The molecule has 0 N–H and O–H groups in total. The monoisotopic (exact) mass is 333 g/mol. The average Bonchev–Trinajstić information content (AvgIpc) is 2.98. The molecule has 0 spiro atoms. The van der Waals surface area contributed by atoms with E-state index >= 15 is 0 Å². The van der Waals surface area contributed by atoms with E-state index < -0.39 is 5.97 Å². The zero-order valence-corrected chi connectivity index (χ0v) is 14.2. The Morgan fingerprint density at radius 2 is 1.96 bits per heavy atom. The van der Waals surface area contributed by atoms with Gasteiger partial charge in [0.15, 0.2) is 5.82 Å². The number of hydrogen-bond donors (Lipinski definition) is 0. The summed E-state index contributed by atoms with van der Waals surface area (Å²) in [5.41, 5.74) is 3.40. The van der Waals surface area contributed by atoms with E-state index in [1.54, 1.807) is 16.8 Å². The third-order valence-corrected chi connectivity index (χ3v) is 3.63. The Hall–Kier alpha value is -3.21. The van der Waals surface area contributed by atoms with Crippen LogP contribution in [0.5, 0.6) is 0 Å². The molecule has 0 saturated carbocycles. The number of ether oxygens (including phenoxy) is 1. The van der Waals surface area contributed by atoms with Crippen molar-refractivity contribution in [3.63, 3.8) is 0 Å².